The van der Waals surface area contributed by atoms with Gasteiger partial charge in [0.25, 0.3) is 0 Å². The lowest BCUT2D eigenvalue weighted by molar-refractivity contribution is -0.167. The average molecular weight is 294 g/mol. The summed E-state index contributed by atoms with van der Waals surface area (Å²) in [5.41, 5.74) is 5.15. The van der Waals surface area contributed by atoms with Crippen molar-refractivity contribution < 1.29 is 22.3 Å². The second-order valence-corrected chi connectivity index (χ2v) is 4.72. The van der Waals surface area contributed by atoms with E-state index in [0.717, 1.165) is 16.7 Å². The van der Waals surface area contributed by atoms with Crippen LogP contribution in [0.25, 0.3) is 0 Å². The fraction of sp³-hybridized carbons (Fsp3) is 0.538. The maximum Gasteiger partial charge on any atom is 0.330 e. The number of halogens is 4. The molecule has 0 aliphatic heterocycles. The third-order valence-corrected chi connectivity index (χ3v) is 2.75. The number of ether oxygens (including phenoxy) is 1. The van der Waals surface area contributed by atoms with E-state index in [0.29, 0.717) is 0 Å². The summed E-state index contributed by atoms with van der Waals surface area (Å²) in [6, 6.07) is 5.06. The molecule has 0 saturated heterocycles. The van der Waals surface area contributed by atoms with E-state index in [1.54, 1.807) is 0 Å². The number of hydrogen-bond donors (Lipinski definition) is 2. The maximum absolute atomic E-state index is 12.7. The molecule has 7 heteroatoms. The van der Waals surface area contributed by atoms with Gasteiger partial charge in [0.1, 0.15) is 6.61 Å². The van der Waals surface area contributed by atoms with Gasteiger partial charge in [-0.2, -0.15) is 8.78 Å². The minimum Gasteiger partial charge on any atom is -0.373 e. The van der Waals surface area contributed by atoms with Gasteiger partial charge >= 0.3 is 12.3 Å². The molecule has 0 fully saturated rings. The van der Waals surface area contributed by atoms with Crippen molar-refractivity contribution in [3.8, 4) is 0 Å². The summed E-state index contributed by atoms with van der Waals surface area (Å²) in [5, 5.41) is 0. The molecule has 1 aromatic rings. The number of aryl methyl sites for hydroxylation is 2. The molecule has 3 N–H and O–H groups in total. The first-order valence-corrected chi connectivity index (χ1v) is 6.04. The van der Waals surface area contributed by atoms with Crippen LogP contribution in [0.1, 0.15) is 22.7 Å². The molecule has 0 heterocycles. The van der Waals surface area contributed by atoms with Crippen LogP contribution in [0.3, 0.4) is 0 Å². The van der Waals surface area contributed by atoms with Gasteiger partial charge in [0, 0.05) is 0 Å². The van der Waals surface area contributed by atoms with Gasteiger partial charge in [-0.05, 0) is 19.4 Å². The Morgan fingerprint density at radius 2 is 1.75 bits per heavy atom. The minimum atomic E-state index is -4.15. The number of hydrazine groups is 1. The second-order valence-electron chi connectivity index (χ2n) is 4.72. The number of rotatable bonds is 7. The number of hydrogen-bond acceptors (Lipinski definition) is 3. The van der Waals surface area contributed by atoms with Gasteiger partial charge < -0.3 is 4.74 Å². The summed E-state index contributed by atoms with van der Waals surface area (Å²) in [4.78, 5) is 0. The fourth-order valence-electron chi connectivity index (χ4n) is 1.83. The highest BCUT2D eigenvalue weighted by Crippen LogP contribution is 2.24. The summed E-state index contributed by atoms with van der Waals surface area (Å²) in [6.45, 7) is 2.21. The molecule has 0 radical (unpaired) electrons. The lowest BCUT2D eigenvalue weighted by Crippen LogP contribution is -2.36. The summed E-state index contributed by atoms with van der Waals surface area (Å²) in [7, 11) is 0. The topological polar surface area (TPSA) is 47.3 Å². The lowest BCUT2D eigenvalue weighted by atomic mass is 10.0. The fourth-order valence-corrected chi connectivity index (χ4v) is 1.83. The van der Waals surface area contributed by atoms with Crippen molar-refractivity contribution in [1.29, 1.82) is 0 Å². The Labute approximate surface area is 115 Å². The van der Waals surface area contributed by atoms with Crippen molar-refractivity contribution >= 4 is 0 Å². The van der Waals surface area contributed by atoms with E-state index in [-0.39, 0.29) is 6.61 Å². The Bertz CT molecular complexity index is 420. The monoisotopic (exact) mass is 294 g/mol. The molecular formula is C13H18F4N2O. The van der Waals surface area contributed by atoms with Crippen LogP contribution < -0.4 is 11.3 Å². The zero-order valence-corrected chi connectivity index (χ0v) is 11.3. The van der Waals surface area contributed by atoms with Crippen molar-refractivity contribution in [2.45, 2.75) is 32.2 Å². The van der Waals surface area contributed by atoms with E-state index >= 15 is 0 Å². The summed E-state index contributed by atoms with van der Waals surface area (Å²) < 4.78 is 54.0. The molecule has 1 atom stereocenters. The zero-order chi connectivity index (χ0) is 15.3. The highest BCUT2D eigenvalue weighted by atomic mass is 19.3. The Kier molecular flexibility index (Phi) is 5.91. The quantitative estimate of drug-likeness (QED) is 0.462. The highest BCUT2D eigenvalue weighted by Gasteiger charge is 2.41. The molecule has 114 valence electrons. The molecular weight excluding hydrogens is 276 g/mol. The first-order chi connectivity index (χ1) is 9.26. The first-order valence-electron chi connectivity index (χ1n) is 6.04. The Balaban J connectivity index is 2.64. The van der Waals surface area contributed by atoms with Gasteiger partial charge in [-0.15, -0.1) is 0 Å². The Morgan fingerprint density at radius 3 is 2.20 bits per heavy atom. The molecule has 1 unspecified atom stereocenters. The van der Waals surface area contributed by atoms with Crippen LogP contribution in [-0.2, 0) is 4.74 Å². The van der Waals surface area contributed by atoms with Gasteiger partial charge in [-0.3, -0.25) is 11.3 Å². The van der Waals surface area contributed by atoms with Crippen molar-refractivity contribution in [1.82, 2.24) is 5.43 Å². The van der Waals surface area contributed by atoms with E-state index in [1.807, 2.05) is 32.0 Å². The van der Waals surface area contributed by atoms with Crippen LogP contribution in [0.4, 0.5) is 17.6 Å². The largest absolute Gasteiger partial charge is 0.373 e. The van der Waals surface area contributed by atoms with Gasteiger partial charge in [-0.1, -0.05) is 29.3 Å². The Morgan fingerprint density at radius 1 is 1.20 bits per heavy atom. The smallest absolute Gasteiger partial charge is 0.330 e. The van der Waals surface area contributed by atoms with Crippen LogP contribution in [-0.4, -0.2) is 25.6 Å². The van der Waals surface area contributed by atoms with Crippen molar-refractivity contribution in [2.75, 3.05) is 13.2 Å². The van der Waals surface area contributed by atoms with Crippen LogP contribution in [0, 0.1) is 13.8 Å². The maximum atomic E-state index is 12.7. The number of benzene rings is 1. The highest BCUT2D eigenvalue weighted by molar-refractivity contribution is 5.30. The van der Waals surface area contributed by atoms with Crippen LogP contribution in [0.5, 0.6) is 0 Å². The molecule has 0 saturated carbocycles. The summed E-state index contributed by atoms with van der Waals surface area (Å²) >= 11 is 0. The number of nitrogens with two attached hydrogens (primary N) is 1. The zero-order valence-electron chi connectivity index (χ0n) is 11.3. The molecule has 1 rings (SSSR count). The van der Waals surface area contributed by atoms with E-state index in [9.17, 15) is 17.6 Å². The van der Waals surface area contributed by atoms with Gasteiger partial charge in [0.05, 0.1) is 12.6 Å². The third kappa shape index (κ3) is 4.73. The first kappa shape index (κ1) is 16.9. The van der Waals surface area contributed by atoms with Gasteiger partial charge in [0.2, 0.25) is 0 Å². The number of nitrogens with one attached hydrogen (secondary N) is 1. The third-order valence-electron chi connectivity index (χ3n) is 2.75. The van der Waals surface area contributed by atoms with E-state index in [2.05, 4.69) is 10.2 Å². The molecule has 0 spiro atoms. The van der Waals surface area contributed by atoms with Crippen LogP contribution in [0.15, 0.2) is 18.2 Å². The SMILES string of the molecule is Cc1cc(C)cc(C(COCC(F)(F)C(F)F)NN)c1. The van der Waals surface area contributed by atoms with Crippen molar-refractivity contribution in [3.63, 3.8) is 0 Å². The van der Waals surface area contributed by atoms with E-state index < -0.39 is 25.0 Å². The van der Waals surface area contributed by atoms with Gasteiger partial charge in [0.15, 0.2) is 0 Å². The van der Waals surface area contributed by atoms with E-state index in [4.69, 9.17) is 5.84 Å². The molecule has 1 aromatic carbocycles. The summed E-state index contributed by atoms with van der Waals surface area (Å²) in [5.74, 6) is 1.20. The molecule has 0 aliphatic carbocycles. The summed E-state index contributed by atoms with van der Waals surface area (Å²) in [6.07, 6.45) is -3.74. The molecule has 3 nitrogen and oxygen atoms in total. The molecule has 0 aromatic heterocycles. The molecule has 20 heavy (non-hydrogen) atoms. The molecule has 0 aliphatic rings. The van der Waals surface area contributed by atoms with Crippen LogP contribution in [0.2, 0.25) is 0 Å². The van der Waals surface area contributed by atoms with Crippen molar-refractivity contribution in [3.05, 3.63) is 34.9 Å². The second kappa shape index (κ2) is 7.01. The predicted molar refractivity (Wildman–Crippen MR) is 67.8 cm³/mol. The minimum absolute atomic E-state index is 0.221. The Hall–Kier alpha value is -1.18. The normalized spacial score (nSPS) is 13.8. The average Bonchev–Trinajstić information content (AvgIpc) is 2.33. The standard InChI is InChI=1S/C13H18F4N2O/c1-8-3-9(2)5-10(4-8)11(19-18)6-20-7-13(16,17)12(14)15/h3-5,11-12,19H,6-7,18H2,1-2H3. The van der Waals surface area contributed by atoms with Crippen molar-refractivity contribution in [2.24, 2.45) is 5.84 Å². The predicted octanol–water partition coefficient (Wildman–Crippen LogP) is 2.72. The number of alkyl halides is 4. The van der Waals surface area contributed by atoms with E-state index in [1.165, 1.54) is 0 Å². The van der Waals surface area contributed by atoms with Crippen LogP contribution >= 0.6 is 0 Å². The molecule has 0 bridgehead atoms. The van der Waals surface area contributed by atoms with Gasteiger partial charge in [-0.25, -0.2) is 8.78 Å². The molecule has 0 amide bonds. The lowest BCUT2D eigenvalue weighted by Gasteiger charge is -2.20.